The number of nitrogens with zero attached hydrogens (tertiary/aromatic N) is 3. The summed E-state index contributed by atoms with van der Waals surface area (Å²) < 4.78 is 11.8. The van der Waals surface area contributed by atoms with Gasteiger partial charge in [0.25, 0.3) is 0 Å². The van der Waals surface area contributed by atoms with E-state index in [0.29, 0.717) is 6.04 Å². The monoisotopic (exact) mass is 346 g/mol. The van der Waals surface area contributed by atoms with E-state index >= 15 is 0 Å². The van der Waals surface area contributed by atoms with Crippen LogP contribution in [0.5, 0.6) is 0 Å². The molecule has 0 bridgehead atoms. The molecule has 3 aliphatic heterocycles. The Balaban J connectivity index is 1.31. The van der Waals surface area contributed by atoms with Crippen LogP contribution < -0.4 is 5.32 Å². The Hall–Kier alpha value is -1.24. The zero-order chi connectivity index (χ0) is 17.1. The van der Waals surface area contributed by atoms with E-state index in [0.717, 1.165) is 50.2 Å². The van der Waals surface area contributed by atoms with Crippen molar-refractivity contribution in [3.63, 3.8) is 0 Å². The molecule has 25 heavy (non-hydrogen) atoms. The van der Waals surface area contributed by atoms with Crippen LogP contribution in [-0.2, 0) is 9.47 Å². The average molecular weight is 346 g/mol. The van der Waals surface area contributed by atoms with Crippen molar-refractivity contribution < 1.29 is 9.47 Å². The van der Waals surface area contributed by atoms with Gasteiger partial charge in [0.2, 0.25) is 0 Å². The van der Waals surface area contributed by atoms with Crippen LogP contribution >= 0.6 is 0 Å². The highest BCUT2D eigenvalue weighted by molar-refractivity contribution is 5.34. The van der Waals surface area contributed by atoms with Crippen molar-refractivity contribution >= 4 is 5.82 Å². The van der Waals surface area contributed by atoms with Gasteiger partial charge < -0.3 is 19.7 Å². The van der Waals surface area contributed by atoms with Gasteiger partial charge in [0.15, 0.2) is 0 Å². The largest absolute Gasteiger partial charge is 0.381 e. The van der Waals surface area contributed by atoms with Crippen molar-refractivity contribution in [2.45, 2.75) is 50.7 Å². The molecule has 0 aliphatic carbocycles. The first-order chi connectivity index (χ1) is 12.2. The molecule has 0 saturated carbocycles. The first-order valence-corrected chi connectivity index (χ1v) is 9.72. The summed E-state index contributed by atoms with van der Waals surface area (Å²) in [6, 6.07) is 4.34. The fourth-order valence-corrected chi connectivity index (χ4v) is 4.55. The van der Waals surface area contributed by atoms with Crippen molar-refractivity contribution in [1.29, 1.82) is 0 Å². The van der Waals surface area contributed by atoms with Gasteiger partial charge in [-0.25, -0.2) is 0 Å². The Morgan fingerprint density at radius 2 is 2.16 bits per heavy atom. The van der Waals surface area contributed by atoms with Crippen molar-refractivity contribution in [2.75, 3.05) is 44.8 Å². The van der Waals surface area contributed by atoms with Gasteiger partial charge >= 0.3 is 0 Å². The van der Waals surface area contributed by atoms with Crippen LogP contribution in [0.25, 0.3) is 0 Å². The van der Waals surface area contributed by atoms with E-state index in [1.807, 2.05) is 19.1 Å². The summed E-state index contributed by atoms with van der Waals surface area (Å²) in [4.78, 5) is 2.63. The molecule has 2 atom stereocenters. The number of nitrogens with one attached hydrogen (secondary N) is 1. The fraction of sp³-hybridized carbons (Fsp3) is 0.789. The standard InChI is InChI=1S/C19H30N4O2/c1-15-3-4-18(22-21-15)20-17-11-19(25-13-17)7-2-8-23(14-19)12-16-5-9-24-10-6-16/h3-4,16-17H,2,5-14H2,1H3,(H,20,22)/t17-,19+/m1/s1. The van der Waals surface area contributed by atoms with Crippen LogP contribution in [0.1, 0.15) is 37.8 Å². The molecule has 138 valence electrons. The van der Waals surface area contributed by atoms with Gasteiger partial charge in [0.1, 0.15) is 5.82 Å². The van der Waals surface area contributed by atoms with Gasteiger partial charge in [0, 0.05) is 32.7 Å². The van der Waals surface area contributed by atoms with Crippen LogP contribution in [0.15, 0.2) is 12.1 Å². The number of aromatic nitrogens is 2. The zero-order valence-corrected chi connectivity index (χ0v) is 15.2. The molecule has 1 aromatic heterocycles. The molecule has 4 heterocycles. The molecule has 0 amide bonds. The number of hydrogen-bond acceptors (Lipinski definition) is 6. The smallest absolute Gasteiger partial charge is 0.148 e. The highest BCUT2D eigenvalue weighted by Crippen LogP contribution is 2.36. The Morgan fingerprint density at radius 1 is 1.28 bits per heavy atom. The third kappa shape index (κ3) is 4.30. The van der Waals surface area contributed by atoms with Crippen LogP contribution in [-0.4, -0.2) is 66.2 Å². The molecule has 1 spiro atoms. The van der Waals surface area contributed by atoms with E-state index in [1.54, 1.807) is 0 Å². The van der Waals surface area contributed by atoms with E-state index in [4.69, 9.17) is 9.47 Å². The molecule has 1 aromatic rings. The molecular weight excluding hydrogens is 316 g/mol. The Kier molecular flexibility index (Phi) is 5.20. The van der Waals surface area contributed by atoms with Gasteiger partial charge in [-0.15, -0.1) is 5.10 Å². The molecule has 6 heteroatoms. The summed E-state index contributed by atoms with van der Waals surface area (Å²) in [6.07, 6.45) is 5.89. The van der Waals surface area contributed by atoms with E-state index < -0.39 is 0 Å². The first kappa shape index (κ1) is 17.2. The Morgan fingerprint density at radius 3 is 2.96 bits per heavy atom. The van der Waals surface area contributed by atoms with Gasteiger partial charge in [0.05, 0.1) is 23.9 Å². The quantitative estimate of drug-likeness (QED) is 0.902. The summed E-state index contributed by atoms with van der Waals surface area (Å²) >= 11 is 0. The van der Waals surface area contributed by atoms with E-state index in [2.05, 4.69) is 20.4 Å². The van der Waals surface area contributed by atoms with Crippen molar-refractivity contribution in [1.82, 2.24) is 15.1 Å². The minimum Gasteiger partial charge on any atom is -0.381 e. The van der Waals surface area contributed by atoms with E-state index in [-0.39, 0.29) is 5.60 Å². The minimum atomic E-state index is 0.0270. The first-order valence-electron chi connectivity index (χ1n) is 9.72. The molecule has 3 fully saturated rings. The number of piperidine rings is 1. The summed E-state index contributed by atoms with van der Waals surface area (Å²) in [5, 5.41) is 11.9. The lowest BCUT2D eigenvalue weighted by molar-refractivity contribution is -0.0580. The maximum absolute atomic E-state index is 6.33. The molecule has 3 saturated heterocycles. The summed E-state index contributed by atoms with van der Waals surface area (Å²) in [6.45, 7) is 8.08. The second kappa shape index (κ2) is 7.56. The normalized spacial score (nSPS) is 31.5. The lowest BCUT2D eigenvalue weighted by Gasteiger charge is -2.41. The molecule has 0 radical (unpaired) electrons. The lowest BCUT2D eigenvalue weighted by Crippen LogP contribution is -2.49. The van der Waals surface area contributed by atoms with E-state index in [1.165, 1.54) is 38.8 Å². The van der Waals surface area contributed by atoms with Gasteiger partial charge in [-0.05, 0) is 57.2 Å². The predicted molar refractivity (Wildman–Crippen MR) is 96.7 cm³/mol. The van der Waals surface area contributed by atoms with Gasteiger partial charge in [-0.3, -0.25) is 0 Å². The van der Waals surface area contributed by atoms with Crippen LogP contribution in [0.3, 0.4) is 0 Å². The van der Waals surface area contributed by atoms with E-state index in [9.17, 15) is 0 Å². The number of anilines is 1. The molecule has 4 rings (SSSR count). The molecule has 3 aliphatic rings. The molecule has 0 unspecified atom stereocenters. The Labute approximate surface area is 150 Å². The number of likely N-dealkylation sites (tertiary alicyclic amines) is 1. The molecular formula is C19H30N4O2. The molecule has 6 nitrogen and oxygen atoms in total. The average Bonchev–Trinajstić information content (AvgIpc) is 3.00. The third-order valence-corrected chi connectivity index (χ3v) is 5.83. The summed E-state index contributed by atoms with van der Waals surface area (Å²) in [5.41, 5.74) is 0.972. The lowest BCUT2D eigenvalue weighted by atomic mass is 9.87. The topological polar surface area (TPSA) is 59.5 Å². The Bertz CT molecular complexity index is 561. The number of rotatable bonds is 4. The molecule has 0 aromatic carbocycles. The summed E-state index contributed by atoms with van der Waals surface area (Å²) in [7, 11) is 0. The number of hydrogen-bond donors (Lipinski definition) is 1. The zero-order valence-electron chi connectivity index (χ0n) is 15.2. The SMILES string of the molecule is Cc1ccc(N[C@H]2CO[C@@]3(CCCN(CC4CCOCC4)C3)C2)nn1. The van der Waals surface area contributed by atoms with Gasteiger partial charge in [-0.2, -0.15) is 5.10 Å². The second-order valence-corrected chi connectivity index (χ2v) is 7.99. The second-order valence-electron chi connectivity index (χ2n) is 7.99. The van der Waals surface area contributed by atoms with Crippen LogP contribution in [0, 0.1) is 12.8 Å². The minimum absolute atomic E-state index is 0.0270. The van der Waals surface area contributed by atoms with Crippen molar-refractivity contribution in [2.24, 2.45) is 5.92 Å². The number of aryl methyl sites for hydroxylation is 1. The predicted octanol–water partition coefficient (Wildman–Crippen LogP) is 2.25. The molecule has 1 N–H and O–H groups in total. The highest BCUT2D eigenvalue weighted by atomic mass is 16.5. The maximum Gasteiger partial charge on any atom is 0.148 e. The van der Waals surface area contributed by atoms with Crippen molar-refractivity contribution in [3.8, 4) is 0 Å². The van der Waals surface area contributed by atoms with Crippen LogP contribution in [0.2, 0.25) is 0 Å². The summed E-state index contributed by atoms with van der Waals surface area (Å²) in [5.74, 6) is 1.65. The fourth-order valence-electron chi connectivity index (χ4n) is 4.55. The maximum atomic E-state index is 6.33. The van der Waals surface area contributed by atoms with Gasteiger partial charge in [-0.1, -0.05) is 0 Å². The third-order valence-electron chi connectivity index (χ3n) is 5.83. The highest BCUT2D eigenvalue weighted by Gasteiger charge is 2.43. The van der Waals surface area contributed by atoms with Crippen LogP contribution in [0.4, 0.5) is 5.82 Å². The van der Waals surface area contributed by atoms with Crippen molar-refractivity contribution in [3.05, 3.63) is 17.8 Å². The number of ether oxygens (including phenoxy) is 2.